The number of carbonyl (C=O) groups excluding carboxylic acids is 1. The minimum Gasteiger partial charge on any atom is -0.369 e. The van der Waals surface area contributed by atoms with Crippen molar-refractivity contribution in [2.24, 2.45) is 5.73 Å². The Balaban J connectivity index is 2.53. The monoisotopic (exact) mass is 322 g/mol. The minimum atomic E-state index is -0.444. The second-order valence-corrected chi connectivity index (χ2v) is 6.27. The third kappa shape index (κ3) is 3.30. The van der Waals surface area contributed by atoms with Gasteiger partial charge in [-0.15, -0.1) is 11.3 Å². The molecule has 2 heterocycles. The lowest BCUT2D eigenvalue weighted by molar-refractivity contribution is -0.115. The van der Waals surface area contributed by atoms with Gasteiger partial charge >= 0.3 is 0 Å². The Morgan fingerprint density at radius 3 is 2.90 bits per heavy atom. The Morgan fingerprint density at radius 2 is 2.35 bits per heavy atom. The molecule has 0 aromatic carbocycles. The SMILES string of the molecule is CSc1nc(SCC(N)=O)c(C#N)c(-c2cccs2)n1. The first kappa shape index (κ1) is 14.8. The van der Waals surface area contributed by atoms with Crippen molar-refractivity contribution in [3.63, 3.8) is 0 Å². The topological polar surface area (TPSA) is 92.7 Å². The number of thioether (sulfide) groups is 2. The molecular formula is C12H10N4OS3. The third-order valence-corrected chi connectivity index (χ3v) is 4.68. The van der Waals surface area contributed by atoms with Crippen molar-refractivity contribution < 1.29 is 4.79 Å². The van der Waals surface area contributed by atoms with Gasteiger partial charge in [0, 0.05) is 0 Å². The van der Waals surface area contributed by atoms with Crippen LogP contribution in [0, 0.1) is 11.3 Å². The van der Waals surface area contributed by atoms with E-state index in [1.807, 2.05) is 23.8 Å². The van der Waals surface area contributed by atoms with Gasteiger partial charge < -0.3 is 5.73 Å². The molecular weight excluding hydrogens is 312 g/mol. The van der Waals surface area contributed by atoms with Crippen LogP contribution in [0.15, 0.2) is 27.7 Å². The van der Waals surface area contributed by atoms with Crippen LogP contribution >= 0.6 is 34.9 Å². The Hall–Kier alpha value is -1.56. The Morgan fingerprint density at radius 1 is 1.55 bits per heavy atom. The van der Waals surface area contributed by atoms with E-state index in [9.17, 15) is 10.1 Å². The Kier molecular flexibility index (Phi) is 5.00. The van der Waals surface area contributed by atoms with Crippen LogP contribution in [0.1, 0.15) is 5.56 Å². The lowest BCUT2D eigenvalue weighted by Gasteiger charge is -2.08. The predicted octanol–water partition coefficient (Wildman–Crippen LogP) is 2.38. The molecule has 2 aromatic rings. The van der Waals surface area contributed by atoms with Gasteiger partial charge in [0.25, 0.3) is 0 Å². The third-order valence-electron chi connectivity index (χ3n) is 2.26. The van der Waals surface area contributed by atoms with Gasteiger partial charge in [-0.05, 0) is 17.7 Å². The van der Waals surface area contributed by atoms with Crippen LogP contribution in [0.4, 0.5) is 0 Å². The molecule has 2 N–H and O–H groups in total. The predicted molar refractivity (Wildman–Crippen MR) is 81.8 cm³/mol. The molecule has 0 spiro atoms. The molecule has 0 bridgehead atoms. The molecule has 0 saturated heterocycles. The summed E-state index contributed by atoms with van der Waals surface area (Å²) in [5, 5.41) is 12.4. The van der Waals surface area contributed by atoms with E-state index in [2.05, 4.69) is 16.0 Å². The summed E-state index contributed by atoms with van der Waals surface area (Å²) in [6, 6.07) is 5.93. The quantitative estimate of drug-likeness (QED) is 0.516. The number of thiophene rings is 1. The van der Waals surface area contributed by atoms with E-state index in [0.717, 1.165) is 16.6 Å². The van der Waals surface area contributed by atoms with E-state index in [4.69, 9.17) is 5.73 Å². The molecule has 0 fully saturated rings. The molecule has 0 unspecified atom stereocenters. The van der Waals surface area contributed by atoms with E-state index in [1.165, 1.54) is 23.1 Å². The molecule has 5 nitrogen and oxygen atoms in total. The normalized spacial score (nSPS) is 10.2. The fourth-order valence-electron chi connectivity index (χ4n) is 1.45. The zero-order chi connectivity index (χ0) is 14.5. The molecule has 0 atom stereocenters. The number of nitrogens with zero attached hydrogens (tertiary/aromatic N) is 3. The number of carbonyl (C=O) groups is 1. The van der Waals surface area contributed by atoms with Crippen molar-refractivity contribution in [1.82, 2.24) is 9.97 Å². The first-order valence-corrected chi connectivity index (χ1v) is 8.55. The Bertz CT molecular complexity index is 664. The molecule has 2 aromatic heterocycles. The fraction of sp³-hybridized carbons (Fsp3) is 0.167. The highest BCUT2D eigenvalue weighted by Gasteiger charge is 2.17. The fourth-order valence-corrected chi connectivity index (χ4v) is 3.31. The lowest BCUT2D eigenvalue weighted by Crippen LogP contribution is -2.13. The summed E-state index contributed by atoms with van der Waals surface area (Å²) >= 11 is 4.06. The summed E-state index contributed by atoms with van der Waals surface area (Å²) in [6.07, 6.45) is 1.86. The van der Waals surface area contributed by atoms with E-state index in [0.29, 0.717) is 21.4 Å². The molecule has 0 aliphatic carbocycles. The molecule has 0 aliphatic rings. The number of nitrogens with two attached hydrogens (primary N) is 1. The van der Waals surface area contributed by atoms with Crippen LogP contribution in [-0.4, -0.2) is 27.9 Å². The summed E-state index contributed by atoms with van der Waals surface area (Å²) in [5.41, 5.74) is 6.14. The number of amides is 1. The van der Waals surface area contributed by atoms with Crippen molar-refractivity contribution in [3.8, 4) is 16.6 Å². The van der Waals surface area contributed by atoms with Crippen LogP contribution in [0.5, 0.6) is 0 Å². The van der Waals surface area contributed by atoms with E-state index in [1.54, 1.807) is 0 Å². The van der Waals surface area contributed by atoms with Gasteiger partial charge in [0.05, 0.1) is 10.6 Å². The standard InChI is InChI=1S/C12H10N4OS3/c1-18-12-15-10(8-3-2-4-19-8)7(5-13)11(16-12)20-6-9(14)17/h2-4H,6H2,1H3,(H2,14,17). The highest BCUT2D eigenvalue weighted by molar-refractivity contribution is 8.00. The van der Waals surface area contributed by atoms with Gasteiger partial charge in [0.1, 0.15) is 22.4 Å². The smallest absolute Gasteiger partial charge is 0.227 e. The second-order valence-electron chi connectivity index (χ2n) is 3.58. The van der Waals surface area contributed by atoms with Crippen molar-refractivity contribution >= 4 is 40.8 Å². The van der Waals surface area contributed by atoms with Crippen LogP contribution in [0.2, 0.25) is 0 Å². The van der Waals surface area contributed by atoms with Crippen molar-refractivity contribution in [3.05, 3.63) is 23.1 Å². The molecule has 2 rings (SSSR count). The summed E-state index contributed by atoms with van der Waals surface area (Å²) in [4.78, 5) is 20.5. The van der Waals surface area contributed by atoms with Gasteiger partial charge in [-0.25, -0.2) is 9.97 Å². The van der Waals surface area contributed by atoms with Crippen molar-refractivity contribution in [1.29, 1.82) is 5.26 Å². The maximum atomic E-state index is 10.9. The van der Waals surface area contributed by atoms with E-state index in [-0.39, 0.29) is 5.75 Å². The highest BCUT2D eigenvalue weighted by atomic mass is 32.2. The number of rotatable bonds is 5. The molecule has 0 aliphatic heterocycles. The zero-order valence-electron chi connectivity index (χ0n) is 10.5. The van der Waals surface area contributed by atoms with Crippen LogP contribution < -0.4 is 5.73 Å². The van der Waals surface area contributed by atoms with E-state index >= 15 is 0 Å². The average Bonchev–Trinajstić information content (AvgIpc) is 2.97. The lowest BCUT2D eigenvalue weighted by atomic mass is 10.2. The van der Waals surface area contributed by atoms with Gasteiger partial charge in [-0.3, -0.25) is 4.79 Å². The molecule has 8 heteroatoms. The molecule has 1 amide bonds. The maximum absolute atomic E-state index is 10.9. The van der Waals surface area contributed by atoms with Crippen LogP contribution in [0.3, 0.4) is 0 Å². The van der Waals surface area contributed by atoms with E-state index < -0.39 is 5.91 Å². The number of hydrogen-bond donors (Lipinski definition) is 1. The van der Waals surface area contributed by atoms with Gasteiger partial charge in [-0.2, -0.15) is 5.26 Å². The first-order chi connectivity index (χ1) is 9.65. The average molecular weight is 322 g/mol. The summed E-state index contributed by atoms with van der Waals surface area (Å²) < 4.78 is 0. The minimum absolute atomic E-state index is 0.0867. The van der Waals surface area contributed by atoms with Crippen LogP contribution in [-0.2, 0) is 4.79 Å². The zero-order valence-corrected chi connectivity index (χ0v) is 12.9. The van der Waals surface area contributed by atoms with Crippen molar-refractivity contribution in [2.75, 3.05) is 12.0 Å². The summed E-state index contributed by atoms with van der Waals surface area (Å²) in [5.74, 6) is -0.357. The number of nitriles is 1. The Labute approximate surface area is 128 Å². The highest BCUT2D eigenvalue weighted by Crippen LogP contribution is 2.32. The number of hydrogen-bond acceptors (Lipinski definition) is 7. The van der Waals surface area contributed by atoms with Gasteiger partial charge in [0.2, 0.25) is 5.91 Å². The molecule has 20 heavy (non-hydrogen) atoms. The van der Waals surface area contributed by atoms with Crippen LogP contribution in [0.25, 0.3) is 10.6 Å². The van der Waals surface area contributed by atoms with Gasteiger partial charge in [-0.1, -0.05) is 29.6 Å². The van der Waals surface area contributed by atoms with Gasteiger partial charge in [0.15, 0.2) is 5.16 Å². The first-order valence-electron chi connectivity index (χ1n) is 5.46. The molecule has 0 radical (unpaired) electrons. The summed E-state index contributed by atoms with van der Waals surface area (Å²) in [6.45, 7) is 0. The molecule has 0 saturated carbocycles. The van der Waals surface area contributed by atoms with Crippen molar-refractivity contribution in [2.45, 2.75) is 10.2 Å². The summed E-state index contributed by atoms with van der Waals surface area (Å²) in [7, 11) is 0. The second kappa shape index (κ2) is 6.74. The number of aromatic nitrogens is 2. The maximum Gasteiger partial charge on any atom is 0.227 e. The largest absolute Gasteiger partial charge is 0.369 e. The molecule has 102 valence electrons. The number of primary amides is 1.